The Morgan fingerprint density at radius 3 is 1.50 bits per heavy atom. The predicted octanol–water partition coefficient (Wildman–Crippen LogP) is 2.08. The molecular weight excluding hydrogens is 592 g/mol. The summed E-state index contributed by atoms with van der Waals surface area (Å²) in [7, 11) is 1.91. The van der Waals surface area contributed by atoms with Gasteiger partial charge in [-0.15, -0.1) is 0 Å². The van der Waals surface area contributed by atoms with Crippen LogP contribution in [0.25, 0.3) is 0 Å². The van der Waals surface area contributed by atoms with Crippen LogP contribution in [0.4, 0.5) is 0 Å². The Labute approximate surface area is 192 Å². The van der Waals surface area contributed by atoms with Gasteiger partial charge in [0.2, 0.25) is 0 Å². The van der Waals surface area contributed by atoms with Gasteiger partial charge in [0.15, 0.2) is 11.6 Å². The van der Waals surface area contributed by atoms with Gasteiger partial charge in [-0.1, -0.05) is 12.2 Å². The van der Waals surface area contributed by atoms with E-state index in [9.17, 15) is 10.2 Å². The van der Waals surface area contributed by atoms with E-state index < -0.39 is 36.0 Å². The monoisotopic (exact) mass is 619 g/mol. The highest BCUT2D eigenvalue weighted by Crippen LogP contribution is 2.43. The minimum absolute atomic E-state index is 0.265. The zero-order valence-electron chi connectivity index (χ0n) is 16.5. The van der Waals surface area contributed by atoms with Gasteiger partial charge in [0, 0.05) is 7.16 Å². The summed E-state index contributed by atoms with van der Waals surface area (Å²) in [5.41, 5.74) is 0. The van der Waals surface area contributed by atoms with Crippen molar-refractivity contribution in [1.82, 2.24) is 4.90 Å². The molecule has 2 N–H and O–H groups in total. The Bertz CT molecular complexity index is 653. The summed E-state index contributed by atoms with van der Waals surface area (Å²) in [6.45, 7) is 7.43. The molecule has 0 amide bonds. The van der Waals surface area contributed by atoms with Crippen LogP contribution < -0.4 is 0 Å². The zero-order valence-corrected chi connectivity index (χ0v) is 20.8. The van der Waals surface area contributed by atoms with Crippen molar-refractivity contribution >= 4 is 45.2 Å². The van der Waals surface area contributed by atoms with Crippen LogP contribution in [0.1, 0.15) is 27.7 Å². The lowest BCUT2D eigenvalue weighted by Gasteiger charge is -2.44. The first-order chi connectivity index (χ1) is 12.9. The van der Waals surface area contributed by atoms with Gasteiger partial charge in [-0.3, -0.25) is 4.90 Å². The lowest BCUT2D eigenvalue weighted by molar-refractivity contribution is -0.161. The molecule has 2 heterocycles. The van der Waals surface area contributed by atoms with E-state index in [0.717, 1.165) is 7.16 Å². The van der Waals surface area contributed by atoms with E-state index in [2.05, 4.69) is 45.2 Å². The van der Waals surface area contributed by atoms with Crippen LogP contribution in [-0.2, 0) is 18.9 Å². The van der Waals surface area contributed by atoms with Gasteiger partial charge in [-0.2, -0.15) is 0 Å². The third-order valence-electron chi connectivity index (χ3n) is 5.78. The Morgan fingerprint density at radius 2 is 1.14 bits per heavy atom. The number of rotatable bonds is 2. The van der Waals surface area contributed by atoms with E-state index in [1.807, 2.05) is 51.8 Å². The minimum Gasteiger partial charge on any atom is -0.388 e. The fourth-order valence-corrected chi connectivity index (χ4v) is 6.22. The van der Waals surface area contributed by atoms with Gasteiger partial charge in [0.25, 0.3) is 0 Å². The van der Waals surface area contributed by atoms with Crippen molar-refractivity contribution in [3.8, 4) is 0 Å². The molecule has 9 heteroatoms. The smallest absolute Gasteiger partial charge is 0.164 e. The summed E-state index contributed by atoms with van der Waals surface area (Å²) in [4.78, 5) is 1.99. The summed E-state index contributed by atoms with van der Waals surface area (Å²) in [5.74, 6) is -1.47. The van der Waals surface area contributed by atoms with Crippen molar-refractivity contribution in [2.24, 2.45) is 0 Å². The van der Waals surface area contributed by atoms with Crippen molar-refractivity contribution < 1.29 is 29.2 Å². The maximum atomic E-state index is 11.1. The summed E-state index contributed by atoms with van der Waals surface area (Å²) < 4.78 is 25.9. The summed E-state index contributed by atoms with van der Waals surface area (Å²) in [5, 5.41) is 22.1. The first kappa shape index (κ1) is 21.9. The molecule has 2 fully saturated rings. The molecule has 158 valence electrons. The van der Waals surface area contributed by atoms with E-state index in [1.54, 1.807) is 0 Å². The van der Waals surface area contributed by atoms with Gasteiger partial charge in [0.1, 0.15) is 36.6 Å². The average Bonchev–Trinajstić information content (AvgIpc) is 3.10. The first-order valence-corrected chi connectivity index (χ1v) is 11.6. The molecule has 2 aliphatic carbocycles. The second-order valence-corrected chi connectivity index (χ2v) is 11.3. The third kappa shape index (κ3) is 3.72. The topological polar surface area (TPSA) is 80.6 Å². The van der Waals surface area contributed by atoms with Crippen molar-refractivity contribution in [3.05, 3.63) is 19.3 Å². The maximum Gasteiger partial charge on any atom is 0.164 e. The molecule has 8 atom stereocenters. The van der Waals surface area contributed by atoms with Crippen LogP contribution in [-0.4, -0.2) is 82.4 Å². The molecule has 4 rings (SSSR count). The molecule has 4 aliphatic rings. The molecule has 0 bridgehead atoms. The minimum atomic E-state index is -0.775. The number of ether oxygens (including phenoxy) is 4. The van der Waals surface area contributed by atoms with E-state index in [1.165, 1.54) is 0 Å². The molecule has 0 spiro atoms. The molecule has 0 radical (unpaired) electrons. The lowest BCUT2D eigenvalue weighted by Crippen LogP contribution is -2.60. The van der Waals surface area contributed by atoms with Crippen LogP contribution >= 0.6 is 45.2 Å². The SMILES string of the molecule is CN([C@H]1C=C(I)[C@H]2OC(C)(C)O[C@H]2[C@@H]1O)[C@H]1C=C(I)[C@H]2OC(C)(C)O[C@H]2[C@@H]1O. The van der Waals surface area contributed by atoms with E-state index in [-0.39, 0.29) is 24.3 Å². The second kappa shape index (κ2) is 7.37. The Balaban J connectivity index is 1.59. The molecule has 0 unspecified atom stereocenters. The predicted molar refractivity (Wildman–Crippen MR) is 119 cm³/mol. The van der Waals surface area contributed by atoms with Gasteiger partial charge in [-0.05, 0) is 79.9 Å². The molecule has 2 aliphatic heterocycles. The normalized spacial score (nSPS) is 46.8. The first-order valence-electron chi connectivity index (χ1n) is 9.44. The standard InChI is InChI=1S/C19H27I2NO6/c1-18(2)25-14-8(20)6-10(12(23)16(14)27-18)22(5)11-7-9(21)15-17(13(11)24)28-19(3,4)26-15/h6-7,10-17,23-24H,1-5H3/t10-,11-,12+,13+,14+,15+,16-,17-/m0/s1. The summed E-state index contributed by atoms with van der Waals surface area (Å²) in [6, 6.07) is -0.643. The second-order valence-electron chi connectivity index (χ2n) is 8.77. The van der Waals surface area contributed by atoms with Crippen LogP contribution in [0.2, 0.25) is 0 Å². The Kier molecular flexibility index (Phi) is 5.76. The quantitative estimate of drug-likeness (QED) is 0.459. The van der Waals surface area contributed by atoms with E-state index in [4.69, 9.17) is 18.9 Å². The summed E-state index contributed by atoms with van der Waals surface area (Å²) >= 11 is 4.51. The molecular formula is C19H27I2NO6. The van der Waals surface area contributed by atoms with Crippen LogP contribution in [0, 0.1) is 0 Å². The number of hydrogen-bond donors (Lipinski definition) is 2. The molecule has 28 heavy (non-hydrogen) atoms. The Morgan fingerprint density at radius 1 is 0.786 bits per heavy atom. The van der Waals surface area contributed by atoms with Gasteiger partial charge in [-0.25, -0.2) is 0 Å². The van der Waals surface area contributed by atoms with Crippen LogP contribution in [0.15, 0.2) is 19.3 Å². The fraction of sp³-hybridized carbons (Fsp3) is 0.789. The fourth-order valence-electron chi connectivity index (χ4n) is 4.52. The molecule has 0 aromatic carbocycles. The highest BCUT2D eigenvalue weighted by atomic mass is 127. The molecule has 0 aromatic heterocycles. The molecule has 0 saturated carbocycles. The van der Waals surface area contributed by atoms with Crippen molar-refractivity contribution in [2.75, 3.05) is 7.05 Å². The summed E-state index contributed by atoms with van der Waals surface area (Å²) in [6.07, 6.45) is 1.05. The number of fused-ring (bicyclic) bond motifs is 2. The third-order valence-corrected chi connectivity index (χ3v) is 7.72. The number of aliphatic hydroxyl groups is 2. The number of nitrogens with zero attached hydrogens (tertiary/aromatic N) is 1. The highest BCUT2D eigenvalue weighted by molar-refractivity contribution is 14.1. The maximum absolute atomic E-state index is 11.1. The number of likely N-dealkylation sites (N-methyl/N-ethyl adjacent to an activating group) is 1. The average molecular weight is 619 g/mol. The van der Waals surface area contributed by atoms with Crippen molar-refractivity contribution in [1.29, 1.82) is 0 Å². The van der Waals surface area contributed by atoms with Crippen LogP contribution in [0.3, 0.4) is 0 Å². The zero-order chi connectivity index (χ0) is 20.6. The van der Waals surface area contributed by atoms with Gasteiger partial charge < -0.3 is 29.2 Å². The van der Waals surface area contributed by atoms with Crippen LogP contribution in [0.5, 0.6) is 0 Å². The number of hydrogen-bond acceptors (Lipinski definition) is 7. The molecule has 0 aromatic rings. The molecule has 2 saturated heterocycles. The molecule has 7 nitrogen and oxygen atoms in total. The van der Waals surface area contributed by atoms with Crippen molar-refractivity contribution in [2.45, 2.75) is 88.0 Å². The Hall–Kier alpha value is 0.660. The highest BCUT2D eigenvalue weighted by Gasteiger charge is 2.54. The van der Waals surface area contributed by atoms with Crippen molar-refractivity contribution in [3.63, 3.8) is 0 Å². The largest absolute Gasteiger partial charge is 0.388 e. The number of aliphatic hydroxyl groups excluding tert-OH is 2. The van der Waals surface area contributed by atoms with Gasteiger partial charge in [0.05, 0.1) is 12.1 Å². The lowest BCUT2D eigenvalue weighted by atomic mass is 9.88. The number of halogens is 2. The van der Waals surface area contributed by atoms with E-state index in [0.29, 0.717) is 0 Å². The van der Waals surface area contributed by atoms with Gasteiger partial charge >= 0.3 is 0 Å². The van der Waals surface area contributed by atoms with E-state index >= 15 is 0 Å².